The number of ether oxygens (including phenoxy) is 6. The third-order valence-electron chi connectivity index (χ3n) is 8.43. The molecule has 1 heterocycles. The number of carbonyl (C=O) groups is 2. The number of unbranched alkanes of at least 4 members (excludes halogenated alkanes) is 4. The van der Waals surface area contributed by atoms with E-state index < -0.39 is 11.9 Å². The van der Waals surface area contributed by atoms with Crippen LogP contribution in [0.4, 0.5) is 0 Å². The first-order valence-electron chi connectivity index (χ1n) is 19.2. The van der Waals surface area contributed by atoms with Crippen LogP contribution < -0.4 is 28.4 Å². The molecule has 0 radical (unpaired) electrons. The zero-order valence-electron chi connectivity index (χ0n) is 32.1. The van der Waals surface area contributed by atoms with E-state index in [0.717, 1.165) is 51.4 Å². The summed E-state index contributed by atoms with van der Waals surface area (Å²) in [4.78, 5) is 26.1. The Morgan fingerprint density at radius 3 is 1.16 bits per heavy atom. The lowest BCUT2D eigenvalue weighted by atomic mass is 10.2. The van der Waals surface area contributed by atoms with Crippen LogP contribution in [0.3, 0.4) is 0 Å². The molecule has 290 valence electrons. The monoisotopic (exact) mass is 750 g/mol. The second-order valence-corrected chi connectivity index (χ2v) is 12.9. The van der Waals surface area contributed by atoms with E-state index in [1.54, 1.807) is 84.9 Å². The summed E-state index contributed by atoms with van der Waals surface area (Å²) in [5, 5.41) is 8.39. The SMILES string of the molecule is CCCCOc1ccc(C(=O)Oc2ccc(-c3nnc(-c4ccc(OC(=O)c5ccc(OCCCC)c(OCCCC)c5)cc4)o3)cc2)cc1OCCCC. The summed E-state index contributed by atoms with van der Waals surface area (Å²) < 4.78 is 40.9. The lowest BCUT2D eigenvalue weighted by molar-refractivity contribution is 0.0724. The van der Waals surface area contributed by atoms with Crippen LogP contribution in [0.2, 0.25) is 0 Å². The first-order valence-corrected chi connectivity index (χ1v) is 19.2. The lowest BCUT2D eigenvalue weighted by Crippen LogP contribution is -2.10. The van der Waals surface area contributed by atoms with E-state index in [9.17, 15) is 9.59 Å². The minimum absolute atomic E-state index is 0.287. The van der Waals surface area contributed by atoms with Crippen LogP contribution in [0.25, 0.3) is 22.9 Å². The molecule has 0 bridgehead atoms. The molecule has 0 aliphatic rings. The standard InChI is InChI=1S/C44H50N2O9/c1-5-9-25-49-37-23-17-33(29-39(37)51-27-11-7-3)43(47)53-35-19-13-31(14-20-35)41-45-46-42(55-41)32-15-21-36(22-16-32)54-44(48)34-18-24-38(50-26-10-6-2)40(30-34)52-28-12-8-4/h13-24,29-30H,5-12,25-28H2,1-4H3. The molecule has 55 heavy (non-hydrogen) atoms. The van der Waals surface area contributed by atoms with Gasteiger partial charge in [-0.2, -0.15) is 0 Å². The van der Waals surface area contributed by atoms with Gasteiger partial charge in [-0.15, -0.1) is 10.2 Å². The molecule has 0 aliphatic carbocycles. The fraction of sp³-hybridized carbons (Fsp3) is 0.364. The number of hydrogen-bond donors (Lipinski definition) is 0. The van der Waals surface area contributed by atoms with E-state index >= 15 is 0 Å². The summed E-state index contributed by atoms with van der Waals surface area (Å²) in [6.45, 7) is 10.6. The average Bonchev–Trinajstić information content (AvgIpc) is 3.70. The zero-order valence-corrected chi connectivity index (χ0v) is 32.1. The Kier molecular flexibility index (Phi) is 15.5. The molecule has 0 saturated heterocycles. The molecule has 5 aromatic rings. The van der Waals surface area contributed by atoms with E-state index in [1.165, 1.54) is 0 Å². The Morgan fingerprint density at radius 2 is 0.818 bits per heavy atom. The van der Waals surface area contributed by atoms with Gasteiger partial charge in [0.15, 0.2) is 23.0 Å². The first-order chi connectivity index (χ1) is 26.9. The molecular formula is C44H50N2O9. The van der Waals surface area contributed by atoms with Gasteiger partial charge in [-0.25, -0.2) is 9.59 Å². The summed E-state index contributed by atoms with van der Waals surface area (Å²) in [6.07, 6.45) is 7.65. The molecule has 0 atom stereocenters. The second kappa shape index (κ2) is 21.2. The number of hydrogen-bond acceptors (Lipinski definition) is 11. The van der Waals surface area contributed by atoms with E-state index in [0.29, 0.717) is 83.2 Å². The topological polar surface area (TPSA) is 128 Å². The maximum absolute atomic E-state index is 13.1. The van der Waals surface area contributed by atoms with Gasteiger partial charge in [-0.3, -0.25) is 0 Å². The van der Waals surface area contributed by atoms with E-state index in [4.69, 9.17) is 32.8 Å². The number of aromatic nitrogens is 2. The minimum Gasteiger partial charge on any atom is -0.490 e. The van der Waals surface area contributed by atoms with Crippen LogP contribution in [0.5, 0.6) is 34.5 Å². The van der Waals surface area contributed by atoms with E-state index in [1.807, 2.05) is 0 Å². The number of nitrogens with zero attached hydrogens (tertiary/aromatic N) is 2. The predicted molar refractivity (Wildman–Crippen MR) is 210 cm³/mol. The van der Waals surface area contributed by atoms with Crippen LogP contribution in [0.15, 0.2) is 89.3 Å². The first kappa shape index (κ1) is 40.3. The molecule has 0 spiro atoms. The molecule has 0 amide bonds. The number of benzene rings is 4. The fourth-order valence-corrected chi connectivity index (χ4v) is 5.16. The van der Waals surface area contributed by atoms with Gasteiger partial charge in [0.2, 0.25) is 11.8 Å². The number of esters is 2. The smallest absolute Gasteiger partial charge is 0.343 e. The molecule has 0 N–H and O–H groups in total. The molecule has 0 saturated carbocycles. The Labute approximate surface area is 322 Å². The molecule has 1 aromatic heterocycles. The Bertz CT molecular complexity index is 1820. The van der Waals surface area contributed by atoms with Crippen LogP contribution in [0.1, 0.15) is 99.8 Å². The van der Waals surface area contributed by atoms with E-state index in [-0.39, 0.29) is 11.8 Å². The molecular weight excluding hydrogens is 700 g/mol. The maximum atomic E-state index is 13.1. The summed E-state index contributed by atoms with van der Waals surface area (Å²) in [5.74, 6) is 2.50. The highest BCUT2D eigenvalue weighted by molar-refractivity contribution is 5.92. The number of rotatable bonds is 22. The average molecular weight is 751 g/mol. The van der Waals surface area contributed by atoms with Crippen molar-refractivity contribution < 1.29 is 42.4 Å². The van der Waals surface area contributed by atoms with Gasteiger partial charge in [-0.05, 0) is 111 Å². The molecule has 11 nitrogen and oxygen atoms in total. The predicted octanol–water partition coefficient (Wildman–Crippen LogP) is 10.6. The van der Waals surface area contributed by atoms with Gasteiger partial charge in [0.05, 0.1) is 37.6 Å². The fourth-order valence-electron chi connectivity index (χ4n) is 5.16. The van der Waals surface area contributed by atoms with Crippen molar-refractivity contribution in [3.8, 4) is 57.4 Å². The number of carbonyl (C=O) groups excluding carboxylic acids is 2. The van der Waals surface area contributed by atoms with Crippen molar-refractivity contribution in [3.63, 3.8) is 0 Å². The van der Waals surface area contributed by atoms with Gasteiger partial charge in [0.25, 0.3) is 0 Å². The van der Waals surface area contributed by atoms with Crippen molar-refractivity contribution in [2.75, 3.05) is 26.4 Å². The molecule has 5 rings (SSSR count). The van der Waals surface area contributed by atoms with Gasteiger partial charge in [0.1, 0.15) is 11.5 Å². The Hall–Kier alpha value is -5.84. The van der Waals surface area contributed by atoms with Crippen molar-refractivity contribution in [2.45, 2.75) is 79.1 Å². The van der Waals surface area contributed by atoms with Crippen LogP contribution in [-0.2, 0) is 0 Å². The highest BCUT2D eigenvalue weighted by Gasteiger charge is 2.17. The van der Waals surface area contributed by atoms with Crippen molar-refractivity contribution >= 4 is 11.9 Å². The third-order valence-corrected chi connectivity index (χ3v) is 8.43. The van der Waals surface area contributed by atoms with Crippen LogP contribution in [-0.4, -0.2) is 48.6 Å². The van der Waals surface area contributed by atoms with Crippen molar-refractivity contribution in [2.24, 2.45) is 0 Å². The highest BCUT2D eigenvalue weighted by Crippen LogP contribution is 2.32. The third kappa shape index (κ3) is 11.8. The van der Waals surface area contributed by atoms with Crippen molar-refractivity contribution in [3.05, 3.63) is 96.1 Å². The minimum atomic E-state index is -0.520. The summed E-state index contributed by atoms with van der Waals surface area (Å²) >= 11 is 0. The lowest BCUT2D eigenvalue weighted by Gasteiger charge is -2.14. The molecule has 0 unspecified atom stereocenters. The van der Waals surface area contributed by atoms with Gasteiger partial charge in [0, 0.05) is 11.1 Å². The van der Waals surface area contributed by atoms with Crippen LogP contribution in [0, 0.1) is 0 Å². The zero-order chi connectivity index (χ0) is 38.8. The van der Waals surface area contributed by atoms with E-state index in [2.05, 4.69) is 37.9 Å². The Morgan fingerprint density at radius 1 is 0.473 bits per heavy atom. The highest BCUT2D eigenvalue weighted by atomic mass is 16.5. The summed E-state index contributed by atoms with van der Waals surface area (Å²) in [7, 11) is 0. The van der Waals surface area contributed by atoms with Gasteiger partial charge >= 0.3 is 11.9 Å². The Balaban J connectivity index is 1.19. The second-order valence-electron chi connectivity index (χ2n) is 12.9. The maximum Gasteiger partial charge on any atom is 0.343 e. The molecule has 0 aliphatic heterocycles. The molecule has 11 heteroatoms. The quantitative estimate of drug-likeness (QED) is 0.0381. The largest absolute Gasteiger partial charge is 0.490 e. The van der Waals surface area contributed by atoms with Gasteiger partial charge in [-0.1, -0.05) is 53.4 Å². The molecule has 0 fully saturated rings. The summed E-state index contributed by atoms with van der Waals surface area (Å²) in [5.41, 5.74) is 1.99. The van der Waals surface area contributed by atoms with Crippen molar-refractivity contribution in [1.29, 1.82) is 0 Å². The summed E-state index contributed by atoms with van der Waals surface area (Å²) in [6, 6.07) is 23.7. The van der Waals surface area contributed by atoms with Gasteiger partial charge < -0.3 is 32.8 Å². The van der Waals surface area contributed by atoms with Crippen LogP contribution >= 0.6 is 0 Å². The molecule has 4 aromatic carbocycles. The normalized spacial score (nSPS) is 10.8. The van der Waals surface area contributed by atoms with Crippen molar-refractivity contribution in [1.82, 2.24) is 10.2 Å².